The fraction of sp³-hybridized carbons (Fsp3) is 0.400. The highest BCUT2D eigenvalue weighted by atomic mass is 35.5. The van der Waals surface area contributed by atoms with Crippen LogP contribution in [-0.4, -0.2) is 5.11 Å². The van der Waals surface area contributed by atoms with Crippen LogP contribution in [0.3, 0.4) is 0 Å². The second-order valence-electron chi connectivity index (χ2n) is 3.43. The van der Waals surface area contributed by atoms with Gasteiger partial charge in [0.05, 0.1) is 16.8 Å². The van der Waals surface area contributed by atoms with Crippen LogP contribution in [0.4, 0.5) is 5.69 Å². The Bertz CT molecular complexity index is 299. The van der Waals surface area contributed by atoms with Gasteiger partial charge in [-0.1, -0.05) is 37.6 Å². The van der Waals surface area contributed by atoms with Crippen LogP contribution in [0.5, 0.6) is 0 Å². The van der Waals surface area contributed by atoms with Gasteiger partial charge in [0.2, 0.25) is 0 Å². The van der Waals surface area contributed by atoms with E-state index in [0.717, 1.165) is 0 Å². The van der Waals surface area contributed by atoms with Crippen LogP contribution in [0.15, 0.2) is 18.2 Å². The fourth-order valence-electron chi connectivity index (χ4n) is 1.17. The van der Waals surface area contributed by atoms with Crippen molar-refractivity contribution in [2.45, 2.75) is 20.0 Å². The van der Waals surface area contributed by atoms with Gasteiger partial charge in [-0.05, 0) is 12.0 Å². The van der Waals surface area contributed by atoms with E-state index in [4.69, 9.17) is 17.3 Å². The lowest BCUT2D eigenvalue weighted by molar-refractivity contribution is 0.127. The number of para-hydroxylation sites is 1. The van der Waals surface area contributed by atoms with Crippen LogP contribution < -0.4 is 5.73 Å². The second-order valence-corrected chi connectivity index (χ2v) is 3.84. The van der Waals surface area contributed by atoms with Crippen LogP contribution in [0.25, 0.3) is 0 Å². The third kappa shape index (κ3) is 2.14. The maximum absolute atomic E-state index is 9.76. The minimum atomic E-state index is -0.543. The van der Waals surface area contributed by atoms with Gasteiger partial charge in [0.25, 0.3) is 0 Å². The van der Waals surface area contributed by atoms with E-state index < -0.39 is 6.10 Å². The van der Waals surface area contributed by atoms with Crippen LogP contribution in [-0.2, 0) is 0 Å². The molecule has 0 heterocycles. The minimum Gasteiger partial charge on any atom is -0.397 e. The summed E-state index contributed by atoms with van der Waals surface area (Å²) in [6.45, 7) is 3.87. The van der Waals surface area contributed by atoms with E-state index in [9.17, 15) is 5.11 Å². The molecule has 1 aromatic rings. The van der Waals surface area contributed by atoms with Gasteiger partial charge < -0.3 is 10.8 Å². The number of nitrogen functional groups attached to an aromatic ring is 1. The van der Waals surface area contributed by atoms with Crippen molar-refractivity contribution in [3.8, 4) is 0 Å². The van der Waals surface area contributed by atoms with E-state index in [1.54, 1.807) is 18.2 Å². The molecule has 0 aliphatic rings. The number of hydrogen-bond donors (Lipinski definition) is 2. The maximum Gasteiger partial charge on any atom is 0.0833 e. The van der Waals surface area contributed by atoms with Gasteiger partial charge in [0.1, 0.15) is 0 Å². The van der Waals surface area contributed by atoms with Crippen LogP contribution in [0.2, 0.25) is 5.02 Å². The SMILES string of the molecule is CC(C)C(O)c1cccc(Cl)c1N. The molecule has 0 radical (unpaired) electrons. The van der Waals surface area contributed by atoms with Crippen molar-refractivity contribution in [1.29, 1.82) is 0 Å². The standard InChI is InChI=1S/C10H14ClNO/c1-6(2)10(13)7-4-3-5-8(11)9(7)12/h3-6,10,13H,12H2,1-2H3. The number of aliphatic hydroxyl groups excluding tert-OH is 1. The molecular formula is C10H14ClNO. The first-order chi connectivity index (χ1) is 6.04. The van der Waals surface area contributed by atoms with Crippen molar-refractivity contribution in [3.63, 3.8) is 0 Å². The average Bonchev–Trinajstić information content (AvgIpc) is 2.08. The molecule has 0 amide bonds. The molecular weight excluding hydrogens is 186 g/mol. The highest BCUT2D eigenvalue weighted by molar-refractivity contribution is 6.33. The van der Waals surface area contributed by atoms with Crippen molar-refractivity contribution in [3.05, 3.63) is 28.8 Å². The number of hydrogen-bond acceptors (Lipinski definition) is 2. The first-order valence-electron chi connectivity index (χ1n) is 4.26. The number of halogens is 1. The van der Waals surface area contributed by atoms with Gasteiger partial charge >= 0.3 is 0 Å². The van der Waals surface area contributed by atoms with Crippen molar-refractivity contribution in [2.75, 3.05) is 5.73 Å². The van der Waals surface area contributed by atoms with E-state index in [0.29, 0.717) is 16.3 Å². The molecule has 0 aliphatic heterocycles. The van der Waals surface area contributed by atoms with Crippen molar-refractivity contribution in [2.24, 2.45) is 5.92 Å². The molecule has 2 nitrogen and oxygen atoms in total. The molecule has 0 fully saturated rings. The summed E-state index contributed by atoms with van der Waals surface area (Å²) < 4.78 is 0. The molecule has 0 bridgehead atoms. The lowest BCUT2D eigenvalue weighted by Gasteiger charge is -2.17. The molecule has 1 rings (SSSR count). The van der Waals surface area contributed by atoms with Crippen molar-refractivity contribution in [1.82, 2.24) is 0 Å². The van der Waals surface area contributed by atoms with E-state index in [1.165, 1.54) is 0 Å². The normalized spacial score (nSPS) is 13.3. The van der Waals surface area contributed by atoms with E-state index >= 15 is 0 Å². The third-order valence-corrected chi connectivity index (χ3v) is 2.37. The molecule has 1 unspecified atom stereocenters. The maximum atomic E-state index is 9.76. The first-order valence-corrected chi connectivity index (χ1v) is 4.63. The fourth-order valence-corrected chi connectivity index (χ4v) is 1.35. The summed E-state index contributed by atoms with van der Waals surface area (Å²) in [7, 11) is 0. The second kappa shape index (κ2) is 3.99. The number of aliphatic hydroxyl groups is 1. The van der Waals surface area contributed by atoms with E-state index in [-0.39, 0.29) is 5.92 Å². The first kappa shape index (κ1) is 10.4. The molecule has 3 N–H and O–H groups in total. The average molecular weight is 200 g/mol. The van der Waals surface area contributed by atoms with E-state index in [1.807, 2.05) is 13.8 Å². The zero-order valence-electron chi connectivity index (χ0n) is 7.79. The highest BCUT2D eigenvalue weighted by Gasteiger charge is 2.15. The summed E-state index contributed by atoms with van der Waals surface area (Å²) in [6, 6.07) is 5.30. The Hall–Kier alpha value is -0.730. The molecule has 0 saturated carbocycles. The minimum absolute atomic E-state index is 0.140. The molecule has 0 aliphatic carbocycles. The number of rotatable bonds is 2. The van der Waals surface area contributed by atoms with Crippen molar-refractivity contribution < 1.29 is 5.11 Å². The molecule has 0 aromatic heterocycles. The van der Waals surface area contributed by atoms with Crippen LogP contribution in [0.1, 0.15) is 25.5 Å². The van der Waals surface area contributed by atoms with Crippen molar-refractivity contribution >= 4 is 17.3 Å². The largest absolute Gasteiger partial charge is 0.397 e. The Balaban J connectivity index is 3.07. The zero-order chi connectivity index (χ0) is 10.0. The summed E-state index contributed by atoms with van der Waals surface area (Å²) in [5, 5.41) is 10.3. The Morgan fingerprint density at radius 2 is 2.00 bits per heavy atom. The molecule has 13 heavy (non-hydrogen) atoms. The van der Waals surface area contributed by atoms with Crippen LogP contribution in [0, 0.1) is 5.92 Å². The predicted octanol–water partition coefficient (Wildman–Crippen LogP) is 2.61. The summed E-state index contributed by atoms with van der Waals surface area (Å²) in [4.78, 5) is 0. The van der Waals surface area contributed by atoms with Gasteiger partial charge in [-0.3, -0.25) is 0 Å². The Labute approximate surface area is 83.3 Å². The Morgan fingerprint density at radius 1 is 1.38 bits per heavy atom. The monoisotopic (exact) mass is 199 g/mol. The highest BCUT2D eigenvalue weighted by Crippen LogP contribution is 2.30. The quantitative estimate of drug-likeness (QED) is 0.720. The molecule has 0 spiro atoms. The summed E-state index contributed by atoms with van der Waals surface area (Å²) in [5.41, 5.74) is 6.92. The molecule has 1 atom stereocenters. The Morgan fingerprint density at radius 3 is 2.54 bits per heavy atom. The summed E-state index contributed by atoms with van der Waals surface area (Å²) >= 11 is 5.83. The lowest BCUT2D eigenvalue weighted by atomic mass is 9.98. The van der Waals surface area contributed by atoms with Gasteiger partial charge in [0.15, 0.2) is 0 Å². The molecule has 72 valence electrons. The van der Waals surface area contributed by atoms with Crippen LogP contribution >= 0.6 is 11.6 Å². The van der Waals surface area contributed by atoms with E-state index in [2.05, 4.69) is 0 Å². The number of nitrogens with two attached hydrogens (primary N) is 1. The summed E-state index contributed by atoms with van der Waals surface area (Å²) in [6.07, 6.45) is -0.543. The molecule has 1 aromatic carbocycles. The van der Waals surface area contributed by atoms with Gasteiger partial charge in [0, 0.05) is 5.56 Å². The number of anilines is 1. The topological polar surface area (TPSA) is 46.2 Å². The van der Waals surface area contributed by atoms with Gasteiger partial charge in [-0.15, -0.1) is 0 Å². The number of benzene rings is 1. The van der Waals surface area contributed by atoms with Gasteiger partial charge in [-0.2, -0.15) is 0 Å². The zero-order valence-corrected chi connectivity index (χ0v) is 8.55. The predicted molar refractivity (Wildman–Crippen MR) is 55.7 cm³/mol. The smallest absolute Gasteiger partial charge is 0.0833 e. The Kier molecular flexibility index (Phi) is 3.17. The van der Waals surface area contributed by atoms with Gasteiger partial charge in [-0.25, -0.2) is 0 Å². The summed E-state index contributed by atoms with van der Waals surface area (Å²) in [5.74, 6) is 0.140. The third-order valence-electron chi connectivity index (χ3n) is 2.04. The molecule has 0 saturated heterocycles. The lowest BCUT2D eigenvalue weighted by Crippen LogP contribution is -2.08. The molecule has 3 heteroatoms.